The lowest BCUT2D eigenvalue weighted by Crippen LogP contribution is -2.42. The number of rotatable bonds is 6. The third-order valence-corrected chi connectivity index (χ3v) is 5.14. The summed E-state index contributed by atoms with van der Waals surface area (Å²) < 4.78 is 1.82. The minimum Gasteiger partial charge on any atom is -0.356 e. The van der Waals surface area contributed by atoms with Crippen LogP contribution in [0.15, 0.2) is 30.7 Å². The Bertz CT molecular complexity index is 896. The molecule has 0 aromatic carbocycles. The first-order valence-corrected chi connectivity index (χ1v) is 9.83. The van der Waals surface area contributed by atoms with Gasteiger partial charge in [0, 0.05) is 55.4 Å². The van der Waals surface area contributed by atoms with E-state index >= 15 is 0 Å². The second kappa shape index (κ2) is 8.00. The van der Waals surface area contributed by atoms with Crippen LogP contribution in [-0.2, 0) is 13.0 Å². The van der Waals surface area contributed by atoms with E-state index in [4.69, 9.17) is 0 Å². The molecule has 0 radical (unpaired) electrons. The van der Waals surface area contributed by atoms with Gasteiger partial charge in [0.2, 0.25) is 0 Å². The van der Waals surface area contributed by atoms with E-state index in [-0.39, 0.29) is 0 Å². The van der Waals surface area contributed by atoms with Gasteiger partial charge in [0.05, 0.1) is 6.20 Å². The molecule has 1 saturated heterocycles. The molecule has 27 heavy (non-hydrogen) atoms. The molecule has 7 heteroatoms. The van der Waals surface area contributed by atoms with Crippen molar-refractivity contribution >= 4 is 11.5 Å². The Balaban J connectivity index is 1.34. The van der Waals surface area contributed by atoms with Crippen LogP contribution in [0.1, 0.15) is 43.3 Å². The molecule has 3 aromatic heterocycles. The van der Waals surface area contributed by atoms with Crippen molar-refractivity contribution in [2.24, 2.45) is 0 Å². The van der Waals surface area contributed by atoms with Crippen molar-refractivity contribution in [2.45, 2.75) is 52.1 Å². The Morgan fingerprint density at radius 1 is 1.22 bits per heavy atom. The van der Waals surface area contributed by atoms with Crippen LogP contribution in [0.3, 0.4) is 0 Å². The Morgan fingerprint density at radius 2 is 2.07 bits per heavy atom. The average Bonchev–Trinajstić information content (AvgIpc) is 3.10. The van der Waals surface area contributed by atoms with Gasteiger partial charge in [0.15, 0.2) is 5.65 Å². The summed E-state index contributed by atoms with van der Waals surface area (Å²) in [5.74, 6) is 1.95. The van der Waals surface area contributed by atoms with Crippen LogP contribution in [0.25, 0.3) is 5.65 Å². The number of nitrogens with one attached hydrogen (secondary N) is 1. The number of anilines is 1. The Hall–Kier alpha value is -2.54. The van der Waals surface area contributed by atoms with Gasteiger partial charge in [-0.25, -0.2) is 19.5 Å². The molecule has 0 bridgehead atoms. The maximum Gasteiger partial charge on any atom is 0.159 e. The highest BCUT2D eigenvalue weighted by Gasteiger charge is 2.21. The fourth-order valence-corrected chi connectivity index (χ4v) is 3.73. The maximum absolute atomic E-state index is 4.66. The number of piperidine rings is 1. The molecule has 0 aliphatic carbocycles. The van der Waals surface area contributed by atoms with Gasteiger partial charge in [-0.05, 0) is 32.3 Å². The first-order valence-electron chi connectivity index (χ1n) is 9.83. The Morgan fingerprint density at radius 3 is 2.89 bits per heavy atom. The minimum atomic E-state index is 0.512. The minimum absolute atomic E-state index is 0.512. The number of aromatic nitrogens is 5. The van der Waals surface area contributed by atoms with Crippen molar-refractivity contribution in [2.75, 3.05) is 18.0 Å². The molecule has 7 nitrogen and oxygen atoms in total. The molecule has 0 saturated carbocycles. The molecule has 4 rings (SSSR count). The molecule has 1 aliphatic heterocycles. The van der Waals surface area contributed by atoms with Gasteiger partial charge in [-0.3, -0.25) is 0 Å². The lowest BCUT2D eigenvalue weighted by Gasteiger charge is -2.33. The van der Waals surface area contributed by atoms with E-state index in [9.17, 15) is 0 Å². The molecule has 4 heterocycles. The van der Waals surface area contributed by atoms with Crippen LogP contribution < -0.4 is 10.2 Å². The predicted octanol–water partition coefficient (Wildman–Crippen LogP) is 2.54. The Labute approximate surface area is 159 Å². The number of hydrogen-bond donors (Lipinski definition) is 1. The highest BCUT2D eigenvalue weighted by molar-refractivity contribution is 5.45. The molecule has 0 amide bonds. The summed E-state index contributed by atoms with van der Waals surface area (Å²) in [6, 6.07) is 4.57. The summed E-state index contributed by atoms with van der Waals surface area (Å²) in [4.78, 5) is 16.0. The van der Waals surface area contributed by atoms with Crippen molar-refractivity contribution in [3.8, 4) is 0 Å². The fourth-order valence-electron chi connectivity index (χ4n) is 3.73. The first kappa shape index (κ1) is 17.9. The summed E-state index contributed by atoms with van der Waals surface area (Å²) in [7, 11) is 0. The zero-order valence-electron chi connectivity index (χ0n) is 16.1. The van der Waals surface area contributed by atoms with Crippen LogP contribution in [0.5, 0.6) is 0 Å². The number of hydrogen-bond acceptors (Lipinski definition) is 6. The van der Waals surface area contributed by atoms with Gasteiger partial charge in [-0.1, -0.05) is 13.3 Å². The lowest BCUT2D eigenvalue weighted by molar-refractivity contribution is 0.413. The molecular weight excluding hydrogens is 338 g/mol. The van der Waals surface area contributed by atoms with E-state index in [0.29, 0.717) is 6.04 Å². The van der Waals surface area contributed by atoms with E-state index in [2.05, 4.69) is 43.3 Å². The van der Waals surface area contributed by atoms with E-state index in [1.54, 1.807) is 0 Å². The number of fused-ring (bicyclic) bond motifs is 1. The molecule has 142 valence electrons. The summed E-state index contributed by atoms with van der Waals surface area (Å²) >= 11 is 0. The van der Waals surface area contributed by atoms with Crippen molar-refractivity contribution in [3.05, 3.63) is 47.8 Å². The topological polar surface area (TPSA) is 71.2 Å². The van der Waals surface area contributed by atoms with Gasteiger partial charge in [0.25, 0.3) is 0 Å². The summed E-state index contributed by atoms with van der Waals surface area (Å²) in [5, 5.41) is 8.04. The van der Waals surface area contributed by atoms with Gasteiger partial charge in [-0.15, -0.1) is 0 Å². The highest BCUT2D eigenvalue weighted by atomic mass is 15.2. The summed E-state index contributed by atoms with van der Waals surface area (Å²) in [6.45, 7) is 7.02. The van der Waals surface area contributed by atoms with Gasteiger partial charge in [-0.2, -0.15) is 5.10 Å². The number of aryl methyl sites for hydroxylation is 2. The molecule has 1 N–H and O–H groups in total. The normalized spacial score (nSPS) is 15.6. The van der Waals surface area contributed by atoms with E-state index in [0.717, 1.165) is 73.9 Å². The standard InChI is InChI=1S/C20H27N7/c1-3-5-18-12-19(25-15(2)24-18)26-10-6-17(7-11-26)22-13-16-14-23-27-9-4-8-21-20(16)27/h4,8-9,12,14,17,22H,3,5-7,10-11,13H2,1-2H3. The van der Waals surface area contributed by atoms with E-state index < -0.39 is 0 Å². The summed E-state index contributed by atoms with van der Waals surface area (Å²) in [6.07, 6.45) is 10.00. The molecule has 0 atom stereocenters. The largest absolute Gasteiger partial charge is 0.356 e. The molecule has 1 fully saturated rings. The molecule has 3 aromatic rings. The van der Waals surface area contributed by atoms with Crippen LogP contribution in [0, 0.1) is 6.92 Å². The maximum atomic E-state index is 4.66. The molecular formula is C20H27N7. The molecule has 1 aliphatic rings. The fraction of sp³-hybridized carbons (Fsp3) is 0.500. The number of nitrogens with zero attached hydrogens (tertiary/aromatic N) is 6. The van der Waals surface area contributed by atoms with Crippen LogP contribution in [0.4, 0.5) is 5.82 Å². The van der Waals surface area contributed by atoms with Crippen molar-refractivity contribution in [1.29, 1.82) is 0 Å². The monoisotopic (exact) mass is 365 g/mol. The van der Waals surface area contributed by atoms with Crippen LogP contribution in [0.2, 0.25) is 0 Å². The predicted molar refractivity (Wildman–Crippen MR) is 106 cm³/mol. The van der Waals surface area contributed by atoms with Crippen LogP contribution >= 0.6 is 0 Å². The molecule has 0 unspecified atom stereocenters. The van der Waals surface area contributed by atoms with Gasteiger partial charge in [0.1, 0.15) is 11.6 Å². The third kappa shape index (κ3) is 4.08. The summed E-state index contributed by atoms with van der Waals surface area (Å²) in [5.41, 5.74) is 3.23. The Kier molecular flexibility index (Phi) is 5.29. The highest BCUT2D eigenvalue weighted by Crippen LogP contribution is 2.20. The second-order valence-corrected chi connectivity index (χ2v) is 7.21. The van der Waals surface area contributed by atoms with Crippen molar-refractivity contribution < 1.29 is 0 Å². The molecule has 0 spiro atoms. The average molecular weight is 365 g/mol. The zero-order chi connectivity index (χ0) is 18.6. The first-order chi connectivity index (χ1) is 13.2. The van der Waals surface area contributed by atoms with Crippen molar-refractivity contribution in [1.82, 2.24) is 29.9 Å². The van der Waals surface area contributed by atoms with Crippen LogP contribution in [-0.4, -0.2) is 43.7 Å². The SMILES string of the molecule is CCCc1cc(N2CCC(NCc3cnn4cccnc34)CC2)nc(C)n1. The third-order valence-electron chi connectivity index (χ3n) is 5.14. The van der Waals surface area contributed by atoms with E-state index in [1.807, 2.05) is 36.1 Å². The lowest BCUT2D eigenvalue weighted by atomic mass is 10.0. The van der Waals surface area contributed by atoms with Gasteiger partial charge >= 0.3 is 0 Å². The van der Waals surface area contributed by atoms with Crippen molar-refractivity contribution in [3.63, 3.8) is 0 Å². The zero-order valence-corrected chi connectivity index (χ0v) is 16.1. The van der Waals surface area contributed by atoms with Gasteiger partial charge < -0.3 is 10.2 Å². The van der Waals surface area contributed by atoms with E-state index in [1.165, 1.54) is 0 Å². The smallest absolute Gasteiger partial charge is 0.159 e. The second-order valence-electron chi connectivity index (χ2n) is 7.21. The quantitative estimate of drug-likeness (QED) is 0.724.